The van der Waals surface area contributed by atoms with Crippen LogP contribution >= 0.6 is 22.7 Å². The third kappa shape index (κ3) is 3.71. The first-order valence-corrected chi connectivity index (χ1v) is 12.4. The van der Waals surface area contributed by atoms with Gasteiger partial charge in [0.2, 0.25) is 0 Å². The molecule has 2 aliphatic rings. The van der Waals surface area contributed by atoms with E-state index in [9.17, 15) is 14.0 Å². The maximum atomic E-state index is 13.7. The molecule has 3 heterocycles. The number of urea groups is 1. The first-order valence-electron chi connectivity index (χ1n) is 10.7. The summed E-state index contributed by atoms with van der Waals surface area (Å²) in [6, 6.07) is 7.57. The van der Waals surface area contributed by atoms with E-state index < -0.39 is 5.97 Å². The average molecular weight is 471 g/mol. The van der Waals surface area contributed by atoms with Crippen LogP contribution in [0.5, 0.6) is 0 Å². The number of ether oxygens (including phenoxy) is 1. The fraction of sp³-hybridized carbons (Fsp3) is 0.333. The van der Waals surface area contributed by atoms with Crippen molar-refractivity contribution in [2.45, 2.75) is 38.1 Å². The topological polar surface area (TPSA) is 58.6 Å². The summed E-state index contributed by atoms with van der Waals surface area (Å²) in [4.78, 5) is 30.2. The average Bonchev–Trinajstić information content (AvgIpc) is 3.43. The summed E-state index contributed by atoms with van der Waals surface area (Å²) in [5.41, 5.74) is 4.17. The summed E-state index contributed by atoms with van der Waals surface area (Å²) < 4.78 is 18.5. The van der Waals surface area contributed by atoms with Gasteiger partial charge in [-0.3, -0.25) is 0 Å². The van der Waals surface area contributed by atoms with Crippen LogP contribution in [0.15, 0.2) is 35.7 Å². The fourth-order valence-electron chi connectivity index (χ4n) is 4.69. The Balaban J connectivity index is 1.52. The smallest absolute Gasteiger partial charge is 0.350 e. The van der Waals surface area contributed by atoms with E-state index in [0.29, 0.717) is 17.1 Å². The molecule has 0 bridgehead atoms. The van der Waals surface area contributed by atoms with Crippen LogP contribution in [0.1, 0.15) is 55.0 Å². The van der Waals surface area contributed by atoms with E-state index in [0.717, 1.165) is 24.8 Å². The molecule has 0 saturated heterocycles. The lowest BCUT2D eigenvalue weighted by Gasteiger charge is -2.36. The Morgan fingerprint density at radius 3 is 2.66 bits per heavy atom. The van der Waals surface area contributed by atoms with Crippen molar-refractivity contribution < 1.29 is 18.7 Å². The molecule has 3 aromatic rings. The number of benzene rings is 1. The number of nitrogens with one attached hydrogen (secondary N) is 1. The van der Waals surface area contributed by atoms with Crippen LogP contribution in [0.25, 0.3) is 0 Å². The largest absolute Gasteiger partial charge is 0.465 e. The number of fused-ring (bicyclic) bond motifs is 3. The van der Waals surface area contributed by atoms with E-state index >= 15 is 0 Å². The number of rotatable bonds is 3. The summed E-state index contributed by atoms with van der Waals surface area (Å²) >= 11 is 3.03. The van der Waals surface area contributed by atoms with Crippen molar-refractivity contribution in [2.24, 2.45) is 0 Å². The highest BCUT2D eigenvalue weighted by atomic mass is 32.1. The van der Waals surface area contributed by atoms with Crippen molar-refractivity contribution >= 4 is 40.4 Å². The van der Waals surface area contributed by atoms with E-state index in [4.69, 9.17) is 4.74 Å². The molecule has 32 heavy (non-hydrogen) atoms. The standard InChI is InChI=1S/C24H23FN2O3S2/c1-30-23(28)22-18(11-13-31-22)26-24(29)27-12-10-17-16-4-2-3-5-19(16)32-21(17)20(27)14-6-8-15(25)9-7-14/h6-9,11,13,20H,2-5,10,12H2,1H3,(H,26,29). The summed E-state index contributed by atoms with van der Waals surface area (Å²) in [5.74, 6) is -0.774. The number of carbonyl (C=O) groups is 2. The van der Waals surface area contributed by atoms with Crippen LogP contribution in [0.2, 0.25) is 0 Å². The molecule has 0 radical (unpaired) electrons. The minimum Gasteiger partial charge on any atom is -0.465 e. The zero-order valence-electron chi connectivity index (χ0n) is 17.7. The van der Waals surface area contributed by atoms with Gasteiger partial charge in [0, 0.05) is 16.3 Å². The minimum atomic E-state index is -0.475. The Morgan fingerprint density at radius 1 is 1.09 bits per heavy atom. The third-order valence-corrected chi connectivity index (χ3v) is 8.48. The molecule has 5 nitrogen and oxygen atoms in total. The van der Waals surface area contributed by atoms with Gasteiger partial charge < -0.3 is 15.0 Å². The Morgan fingerprint density at radius 2 is 1.88 bits per heavy atom. The number of nitrogens with zero attached hydrogens (tertiary/aromatic N) is 1. The van der Waals surface area contributed by atoms with Crippen molar-refractivity contribution in [1.82, 2.24) is 4.90 Å². The van der Waals surface area contributed by atoms with Gasteiger partial charge in [-0.05, 0) is 72.4 Å². The van der Waals surface area contributed by atoms with Crippen LogP contribution < -0.4 is 5.32 Å². The number of methoxy groups -OCH3 is 1. The van der Waals surface area contributed by atoms with E-state index in [1.54, 1.807) is 39.8 Å². The third-order valence-electron chi connectivity index (χ3n) is 6.20. The lowest BCUT2D eigenvalue weighted by atomic mass is 9.88. The number of aryl methyl sites for hydroxylation is 1. The quantitative estimate of drug-likeness (QED) is 0.493. The van der Waals surface area contributed by atoms with Gasteiger partial charge in [-0.25, -0.2) is 14.0 Å². The molecule has 166 valence electrons. The van der Waals surface area contributed by atoms with Crippen LogP contribution in [0.3, 0.4) is 0 Å². The number of halogens is 1. The first kappa shape index (κ1) is 21.2. The molecule has 1 aliphatic carbocycles. The van der Waals surface area contributed by atoms with Crippen molar-refractivity contribution in [3.8, 4) is 0 Å². The monoisotopic (exact) mass is 470 g/mol. The summed E-state index contributed by atoms with van der Waals surface area (Å²) in [6.45, 7) is 0.557. The number of carbonyl (C=O) groups excluding carboxylic acids is 2. The van der Waals surface area contributed by atoms with Crippen LogP contribution in [-0.4, -0.2) is 30.6 Å². The molecule has 0 saturated carbocycles. The van der Waals surface area contributed by atoms with Crippen molar-refractivity contribution in [3.63, 3.8) is 0 Å². The fourth-order valence-corrected chi connectivity index (χ4v) is 7.04. The number of amides is 2. The Hall–Kier alpha value is -2.71. The highest BCUT2D eigenvalue weighted by molar-refractivity contribution is 7.13. The Labute approximate surface area is 193 Å². The molecule has 5 rings (SSSR count). The molecule has 8 heteroatoms. The molecule has 1 unspecified atom stereocenters. The lowest BCUT2D eigenvalue weighted by Crippen LogP contribution is -2.42. The molecule has 0 fully saturated rings. The molecule has 1 N–H and O–H groups in total. The Bertz CT molecular complexity index is 1170. The zero-order chi connectivity index (χ0) is 22.2. The maximum Gasteiger partial charge on any atom is 0.350 e. The number of hydrogen-bond acceptors (Lipinski definition) is 5. The number of hydrogen-bond donors (Lipinski definition) is 1. The van der Waals surface area contributed by atoms with Gasteiger partial charge in [-0.1, -0.05) is 12.1 Å². The van der Waals surface area contributed by atoms with Crippen molar-refractivity contribution in [3.05, 3.63) is 72.9 Å². The second kappa shape index (κ2) is 8.67. The van der Waals surface area contributed by atoms with E-state index in [2.05, 4.69) is 5.32 Å². The minimum absolute atomic E-state index is 0.278. The Kier molecular flexibility index (Phi) is 5.73. The van der Waals surface area contributed by atoms with Gasteiger partial charge in [-0.2, -0.15) is 0 Å². The second-order valence-corrected chi connectivity index (χ2v) is 10.1. The predicted molar refractivity (Wildman–Crippen MR) is 124 cm³/mol. The van der Waals surface area contributed by atoms with Crippen molar-refractivity contribution in [1.29, 1.82) is 0 Å². The maximum absolute atomic E-state index is 13.7. The molecule has 0 spiro atoms. The molecular weight excluding hydrogens is 447 g/mol. The van der Waals surface area contributed by atoms with Crippen LogP contribution in [0, 0.1) is 5.82 Å². The highest BCUT2D eigenvalue weighted by Crippen LogP contribution is 2.45. The van der Waals surface area contributed by atoms with Gasteiger partial charge in [0.15, 0.2) is 0 Å². The second-order valence-electron chi connectivity index (χ2n) is 8.04. The molecule has 1 aliphatic heterocycles. The molecule has 1 aromatic carbocycles. The number of esters is 1. The first-order chi connectivity index (χ1) is 15.6. The predicted octanol–water partition coefficient (Wildman–Crippen LogP) is 5.79. The van der Waals surface area contributed by atoms with Crippen LogP contribution in [0.4, 0.5) is 14.9 Å². The van der Waals surface area contributed by atoms with Gasteiger partial charge in [-0.15, -0.1) is 22.7 Å². The number of thiophene rings is 2. The van der Waals surface area contributed by atoms with Gasteiger partial charge in [0.1, 0.15) is 10.7 Å². The van der Waals surface area contributed by atoms with Crippen molar-refractivity contribution in [2.75, 3.05) is 19.0 Å². The summed E-state index contributed by atoms with van der Waals surface area (Å²) in [7, 11) is 1.32. The van der Waals surface area contributed by atoms with Gasteiger partial charge in [0.25, 0.3) is 0 Å². The zero-order valence-corrected chi connectivity index (χ0v) is 19.3. The van der Waals surface area contributed by atoms with E-state index in [-0.39, 0.29) is 17.9 Å². The van der Waals surface area contributed by atoms with Crippen LogP contribution in [-0.2, 0) is 24.0 Å². The van der Waals surface area contributed by atoms with Gasteiger partial charge >= 0.3 is 12.0 Å². The summed E-state index contributed by atoms with van der Waals surface area (Å²) in [6.07, 6.45) is 5.40. The molecular formula is C24H23FN2O3S2. The SMILES string of the molecule is COC(=O)c1sccc1NC(=O)N1CCc2c(sc3c2CCCC3)C1c1ccc(F)cc1. The van der Waals surface area contributed by atoms with Gasteiger partial charge in [0.05, 0.1) is 18.8 Å². The molecule has 1 atom stereocenters. The summed E-state index contributed by atoms with van der Waals surface area (Å²) in [5, 5.41) is 4.66. The highest BCUT2D eigenvalue weighted by Gasteiger charge is 2.36. The normalized spacial score (nSPS) is 17.4. The number of anilines is 1. The van der Waals surface area contributed by atoms with E-state index in [1.807, 2.05) is 0 Å². The molecule has 2 amide bonds. The van der Waals surface area contributed by atoms with E-state index in [1.165, 1.54) is 64.3 Å². The molecule has 2 aromatic heterocycles. The lowest BCUT2D eigenvalue weighted by molar-refractivity contribution is 0.0607.